The fraction of sp³-hybridized carbons (Fsp3) is 0.333. The van der Waals surface area contributed by atoms with Crippen molar-refractivity contribution >= 4 is 0 Å². The van der Waals surface area contributed by atoms with Gasteiger partial charge in [-0.05, 0) is 12.1 Å². The van der Waals surface area contributed by atoms with Crippen LogP contribution < -0.4 is 5.73 Å². The summed E-state index contributed by atoms with van der Waals surface area (Å²) >= 11 is 0. The summed E-state index contributed by atoms with van der Waals surface area (Å²) in [4.78, 5) is 0. The van der Waals surface area contributed by atoms with Gasteiger partial charge in [0, 0.05) is 17.6 Å². The highest BCUT2D eigenvalue weighted by Crippen LogP contribution is 2.21. The molecule has 0 aliphatic heterocycles. The number of nitrogens with two attached hydrogens (primary N) is 1. The molecular formula is C12H16N4. The molecule has 2 N–H and O–H groups in total. The van der Waals surface area contributed by atoms with Crippen LogP contribution in [0.3, 0.4) is 0 Å². The average Bonchev–Trinajstić information content (AvgIpc) is 2.80. The van der Waals surface area contributed by atoms with Crippen molar-refractivity contribution in [1.29, 1.82) is 0 Å². The minimum absolute atomic E-state index is 0.174. The second kappa shape index (κ2) is 4.06. The van der Waals surface area contributed by atoms with Crippen molar-refractivity contribution in [1.82, 2.24) is 14.8 Å². The lowest BCUT2D eigenvalue weighted by molar-refractivity contribution is 0.492. The maximum absolute atomic E-state index is 5.76. The summed E-state index contributed by atoms with van der Waals surface area (Å²) in [5.74, 6) is 0.890. The van der Waals surface area contributed by atoms with E-state index in [2.05, 4.69) is 24.0 Å². The highest BCUT2D eigenvalue weighted by molar-refractivity contribution is 5.33. The maximum Gasteiger partial charge on any atom is 0.144 e. The molecule has 0 aliphatic rings. The second-order valence-corrected chi connectivity index (χ2v) is 4.45. The Morgan fingerprint density at radius 1 is 1.25 bits per heavy atom. The van der Waals surface area contributed by atoms with Crippen LogP contribution in [-0.4, -0.2) is 21.3 Å². The first-order valence-electron chi connectivity index (χ1n) is 5.31. The van der Waals surface area contributed by atoms with E-state index in [4.69, 9.17) is 5.73 Å². The normalized spacial score (nSPS) is 11.7. The fourth-order valence-electron chi connectivity index (χ4n) is 1.57. The molecule has 4 nitrogen and oxygen atoms in total. The number of hydrogen-bond donors (Lipinski definition) is 1. The third kappa shape index (κ3) is 1.84. The largest absolute Gasteiger partial charge is 0.329 e. The van der Waals surface area contributed by atoms with E-state index < -0.39 is 0 Å². The van der Waals surface area contributed by atoms with Gasteiger partial charge in [0.25, 0.3) is 0 Å². The molecule has 0 fully saturated rings. The Morgan fingerprint density at radius 2 is 1.94 bits per heavy atom. The molecule has 1 aromatic heterocycles. The van der Waals surface area contributed by atoms with Gasteiger partial charge in [-0.1, -0.05) is 32.0 Å². The Hall–Kier alpha value is -1.68. The predicted molar refractivity (Wildman–Crippen MR) is 63.4 cm³/mol. The fourth-order valence-corrected chi connectivity index (χ4v) is 1.57. The van der Waals surface area contributed by atoms with Crippen LogP contribution >= 0.6 is 0 Å². The van der Waals surface area contributed by atoms with E-state index in [0.29, 0.717) is 6.54 Å². The highest BCUT2D eigenvalue weighted by atomic mass is 15.3. The van der Waals surface area contributed by atoms with Gasteiger partial charge in [-0.25, -0.2) is 0 Å². The molecule has 1 heterocycles. The summed E-state index contributed by atoms with van der Waals surface area (Å²) < 4.78 is 1.98. The predicted octanol–water partition coefficient (Wildman–Crippen LogP) is 1.50. The molecule has 16 heavy (non-hydrogen) atoms. The monoisotopic (exact) mass is 216 g/mol. The van der Waals surface area contributed by atoms with Crippen molar-refractivity contribution in [3.05, 3.63) is 42.5 Å². The van der Waals surface area contributed by atoms with Crippen molar-refractivity contribution in [2.75, 3.05) is 6.54 Å². The summed E-state index contributed by atoms with van der Waals surface area (Å²) in [5.41, 5.74) is 6.65. The van der Waals surface area contributed by atoms with Crippen LogP contribution in [0.1, 0.15) is 19.7 Å². The number of aromatic nitrogens is 3. The van der Waals surface area contributed by atoms with Gasteiger partial charge >= 0.3 is 0 Å². The molecule has 0 saturated carbocycles. The second-order valence-electron chi connectivity index (χ2n) is 4.45. The zero-order valence-electron chi connectivity index (χ0n) is 9.59. The quantitative estimate of drug-likeness (QED) is 0.846. The van der Waals surface area contributed by atoms with E-state index in [9.17, 15) is 0 Å². The molecule has 0 aliphatic carbocycles. The van der Waals surface area contributed by atoms with E-state index in [1.54, 1.807) is 6.33 Å². The highest BCUT2D eigenvalue weighted by Gasteiger charge is 2.25. The SMILES string of the molecule is CC(C)(CN)c1nncn1-c1ccccc1. The first kappa shape index (κ1) is 10.8. The summed E-state index contributed by atoms with van der Waals surface area (Å²) in [6.07, 6.45) is 1.72. The van der Waals surface area contributed by atoms with Gasteiger partial charge in [0.2, 0.25) is 0 Å². The Kier molecular flexibility index (Phi) is 2.75. The molecule has 2 aromatic rings. The van der Waals surface area contributed by atoms with Crippen LogP contribution in [0, 0.1) is 0 Å². The molecule has 0 saturated heterocycles. The van der Waals surface area contributed by atoms with Gasteiger partial charge in [-0.15, -0.1) is 10.2 Å². The average molecular weight is 216 g/mol. The lowest BCUT2D eigenvalue weighted by atomic mass is 9.92. The number of para-hydroxylation sites is 1. The molecule has 0 bridgehead atoms. The van der Waals surface area contributed by atoms with Crippen LogP contribution in [0.5, 0.6) is 0 Å². The Balaban J connectivity index is 2.49. The lowest BCUT2D eigenvalue weighted by Crippen LogP contribution is -2.31. The molecule has 0 radical (unpaired) electrons. The van der Waals surface area contributed by atoms with Gasteiger partial charge in [0.05, 0.1) is 0 Å². The van der Waals surface area contributed by atoms with Gasteiger partial charge in [0.1, 0.15) is 12.2 Å². The van der Waals surface area contributed by atoms with Crippen LogP contribution in [-0.2, 0) is 5.41 Å². The van der Waals surface area contributed by atoms with Crippen LogP contribution in [0.15, 0.2) is 36.7 Å². The van der Waals surface area contributed by atoms with Gasteiger partial charge < -0.3 is 5.73 Å². The lowest BCUT2D eigenvalue weighted by Gasteiger charge is -2.21. The summed E-state index contributed by atoms with van der Waals surface area (Å²) in [6, 6.07) is 10.0. The van der Waals surface area contributed by atoms with Crippen molar-refractivity contribution in [2.24, 2.45) is 5.73 Å². The van der Waals surface area contributed by atoms with Crippen molar-refractivity contribution in [2.45, 2.75) is 19.3 Å². The van der Waals surface area contributed by atoms with Crippen molar-refractivity contribution in [3.8, 4) is 5.69 Å². The molecule has 0 atom stereocenters. The van der Waals surface area contributed by atoms with Gasteiger partial charge in [-0.2, -0.15) is 0 Å². The molecule has 4 heteroatoms. The number of benzene rings is 1. The maximum atomic E-state index is 5.76. The Labute approximate surface area is 95.1 Å². The van der Waals surface area contributed by atoms with Gasteiger partial charge in [-0.3, -0.25) is 4.57 Å². The number of hydrogen-bond acceptors (Lipinski definition) is 3. The third-order valence-electron chi connectivity index (χ3n) is 2.70. The zero-order valence-corrected chi connectivity index (χ0v) is 9.59. The van der Waals surface area contributed by atoms with E-state index in [1.807, 2.05) is 34.9 Å². The number of nitrogens with zero attached hydrogens (tertiary/aromatic N) is 3. The molecule has 0 amide bonds. The van der Waals surface area contributed by atoms with Crippen molar-refractivity contribution in [3.63, 3.8) is 0 Å². The smallest absolute Gasteiger partial charge is 0.144 e. The summed E-state index contributed by atoms with van der Waals surface area (Å²) in [7, 11) is 0. The van der Waals surface area contributed by atoms with E-state index in [1.165, 1.54) is 0 Å². The van der Waals surface area contributed by atoms with E-state index in [0.717, 1.165) is 11.5 Å². The van der Waals surface area contributed by atoms with E-state index >= 15 is 0 Å². The van der Waals surface area contributed by atoms with Crippen LogP contribution in [0.4, 0.5) is 0 Å². The van der Waals surface area contributed by atoms with Crippen LogP contribution in [0.2, 0.25) is 0 Å². The van der Waals surface area contributed by atoms with E-state index in [-0.39, 0.29) is 5.41 Å². The molecule has 0 unspecified atom stereocenters. The van der Waals surface area contributed by atoms with Crippen LogP contribution in [0.25, 0.3) is 5.69 Å². The topological polar surface area (TPSA) is 56.7 Å². The molecule has 0 spiro atoms. The molecule has 1 aromatic carbocycles. The van der Waals surface area contributed by atoms with Crippen molar-refractivity contribution < 1.29 is 0 Å². The first-order chi connectivity index (χ1) is 7.65. The number of rotatable bonds is 3. The zero-order chi connectivity index (χ0) is 11.6. The standard InChI is InChI=1S/C12H16N4/c1-12(2,8-13)11-15-14-9-16(11)10-6-4-3-5-7-10/h3-7,9H,8,13H2,1-2H3. The molecule has 84 valence electrons. The Morgan fingerprint density at radius 3 is 2.56 bits per heavy atom. The third-order valence-corrected chi connectivity index (χ3v) is 2.70. The first-order valence-corrected chi connectivity index (χ1v) is 5.31. The summed E-state index contributed by atoms with van der Waals surface area (Å²) in [6.45, 7) is 4.67. The molecular weight excluding hydrogens is 200 g/mol. The minimum Gasteiger partial charge on any atom is -0.329 e. The van der Waals surface area contributed by atoms with Gasteiger partial charge in [0.15, 0.2) is 0 Å². The summed E-state index contributed by atoms with van der Waals surface area (Å²) in [5, 5.41) is 8.14. The minimum atomic E-state index is -0.174. The molecule has 2 rings (SSSR count). The Bertz CT molecular complexity index is 459.